The first-order chi connectivity index (χ1) is 8.45. The molecule has 2 N–H and O–H groups in total. The van der Waals surface area contributed by atoms with Gasteiger partial charge in [-0.1, -0.05) is 11.6 Å². The topological polar surface area (TPSA) is 84.3 Å². The van der Waals surface area contributed by atoms with Crippen LogP contribution in [0.5, 0.6) is 0 Å². The molecule has 6 nitrogen and oxygen atoms in total. The zero-order chi connectivity index (χ0) is 13.7. The molecule has 0 saturated carbocycles. The van der Waals surface area contributed by atoms with Gasteiger partial charge < -0.3 is 10.6 Å². The van der Waals surface area contributed by atoms with E-state index >= 15 is 0 Å². The number of nitrogens with one attached hydrogen (secondary N) is 2. The smallest absolute Gasteiger partial charge is 0.270 e. The van der Waals surface area contributed by atoms with Gasteiger partial charge in [-0.25, -0.2) is 0 Å². The molecule has 7 heteroatoms. The molecule has 0 bridgehead atoms. The van der Waals surface area contributed by atoms with Gasteiger partial charge in [0.25, 0.3) is 5.69 Å². The van der Waals surface area contributed by atoms with E-state index in [1.807, 2.05) is 0 Å². The summed E-state index contributed by atoms with van der Waals surface area (Å²) in [4.78, 5) is 21.3. The maximum absolute atomic E-state index is 11.3. The number of hydrogen-bond acceptors (Lipinski definition) is 4. The highest BCUT2D eigenvalue weighted by Crippen LogP contribution is 2.22. The minimum absolute atomic E-state index is 0.0527. The Hall–Kier alpha value is -1.66. The maximum Gasteiger partial charge on any atom is 0.270 e. The summed E-state index contributed by atoms with van der Waals surface area (Å²) in [5.41, 5.74) is 0.654. The van der Waals surface area contributed by atoms with Gasteiger partial charge in [-0.2, -0.15) is 0 Å². The average Bonchev–Trinajstić information content (AvgIpc) is 2.35. The van der Waals surface area contributed by atoms with Crippen molar-refractivity contribution < 1.29 is 9.72 Å². The fourth-order valence-corrected chi connectivity index (χ4v) is 1.61. The first-order valence-electron chi connectivity index (χ1n) is 5.33. The van der Waals surface area contributed by atoms with Gasteiger partial charge in [-0.15, -0.1) is 0 Å². The van der Waals surface area contributed by atoms with Gasteiger partial charge in [0.15, 0.2) is 0 Å². The molecule has 0 aromatic heterocycles. The molecule has 1 unspecified atom stereocenters. The second-order valence-corrected chi connectivity index (χ2v) is 4.16. The molecule has 0 radical (unpaired) electrons. The summed E-state index contributed by atoms with van der Waals surface area (Å²) in [7, 11) is 1.55. The summed E-state index contributed by atoms with van der Waals surface area (Å²) in [6, 6.07) is 3.89. The van der Waals surface area contributed by atoms with Crippen molar-refractivity contribution in [2.45, 2.75) is 19.5 Å². The fraction of sp³-hybridized carbons (Fsp3) is 0.364. The molecule has 0 aliphatic carbocycles. The van der Waals surface area contributed by atoms with Crippen LogP contribution in [0.15, 0.2) is 18.2 Å². The lowest BCUT2D eigenvalue weighted by atomic mass is 10.2. The average molecular weight is 272 g/mol. The van der Waals surface area contributed by atoms with E-state index < -0.39 is 4.92 Å². The molecule has 98 valence electrons. The molecule has 0 heterocycles. The summed E-state index contributed by atoms with van der Waals surface area (Å²) in [6.45, 7) is 2.09. The molecule has 1 rings (SSSR count). The number of non-ortho nitro benzene ring substituents is 1. The molecule has 0 spiro atoms. The molecular formula is C11H14ClN3O3. The fourth-order valence-electron chi connectivity index (χ4n) is 1.37. The van der Waals surface area contributed by atoms with Gasteiger partial charge in [-0.3, -0.25) is 14.9 Å². The molecule has 0 aliphatic heterocycles. The third-order valence-corrected chi connectivity index (χ3v) is 2.84. The van der Waals surface area contributed by atoms with E-state index in [2.05, 4.69) is 10.6 Å². The number of halogens is 1. The summed E-state index contributed by atoms with van der Waals surface area (Å²) in [6.07, 6.45) is 0. The van der Waals surface area contributed by atoms with Gasteiger partial charge in [-0.05, 0) is 18.6 Å². The number of nitro benzene ring substituents is 1. The largest absolute Gasteiger partial charge is 0.358 e. The maximum atomic E-state index is 11.3. The van der Waals surface area contributed by atoms with Gasteiger partial charge in [0.05, 0.1) is 16.0 Å². The van der Waals surface area contributed by atoms with Gasteiger partial charge in [0, 0.05) is 25.7 Å². The number of hydrogen-bond donors (Lipinski definition) is 2. The highest BCUT2D eigenvalue weighted by Gasteiger charge is 2.12. The van der Waals surface area contributed by atoms with E-state index in [4.69, 9.17) is 11.6 Å². The molecular weight excluding hydrogens is 258 g/mol. The SMILES string of the molecule is CNC(=O)C(C)NCc1ccc([N+](=O)[O-])cc1Cl. The van der Waals surface area contributed by atoms with Crippen LogP contribution in [0.3, 0.4) is 0 Å². The third kappa shape index (κ3) is 3.68. The van der Waals surface area contributed by atoms with Crippen molar-refractivity contribution >= 4 is 23.2 Å². The van der Waals surface area contributed by atoms with Crippen molar-refractivity contribution in [3.8, 4) is 0 Å². The summed E-state index contributed by atoms with van der Waals surface area (Å²) < 4.78 is 0. The summed E-state index contributed by atoms with van der Waals surface area (Å²) >= 11 is 5.93. The van der Waals surface area contributed by atoms with Crippen LogP contribution in [-0.2, 0) is 11.3 Å². The Labute approximate surface area is 109 Å². The van der Waals surface area contributed by atoms with Gasteiger partial charge in [0.1, 0.15) is 0 Å². The lowest BCUT2D eigenvalue weighted by Gasteiger charge is -2.12. The predicted octanol–water partition coefficient (Wildman–Crippen LogP) is 1.47. The Morgan fingerprint density at radius 2 is 2.22 bits per heavy atom. The van der Waals surface area contributed by atoms with Crippen LogP contribution in [0.1, 0.15) is 12.5 Å². The first-order valence-corrected chi connectivity index (χ1v) is 5.71. The van der Waals surface area contributed by atoms with Crippen molar-refractivity contribution in [3.05, 3.63) is 38.9 Å². The first kappa shape index (κ1) is 14.4. The number of likely N-dealkylation sites (N-methyl/N-ethyl adjacent to an activating group) is 1. The lowest BCUT2D eigenvalue weighted by Crippen LogP contribution is -2.40. The van der Waals surface area contributed by atoms with Crippen molar-refractivity contribution in [1.82, 2.24) is 10.6 Å². The number of benzene rings is 1. The number of rotatable bonds is 5. The van der Waals surface area contributed by atoms with Crippen LogP contribution in [0.25, 0.3) is 0 Å². The molecule has 1 aromatic carbocycles. The van der Waals surface area contributed by atoms with Crippen LogP contribution in [0.4, 0.5) is 5.69 Å². The molecule has 1 aromatic rings. The van der Waals surface area contributed by atoms with Crippen molar-refractivity contribution in [2.24, 2.45) is 0 Å². The van der Waals surface area contributed by atoms with E-state index in [1.165, 1.54) is 12.1 Å². The van der Waals surface area contributed by atoms with E-state index in [1.54, 1.807) is 20.0 Å². The van der Waals surface area contributed by atoms with E-state index in [0.29, 0.717) is 17.1 Å². The monoisotopic (exact) mass is 271 g/mol. The van der Waals surface area contributed by atoms with Crippen molar-refractivity contribution in [1.29, 1.82) is 0 Å². The lowest BCUT2D eigenvalue weighted by molar-refractivity contribution is -0.384. The molecule has 1 amide bonds. The van der Waals surface area contributed by atoms with Crippen LogP contribution in [-0.4, -0.2) is 23.9 Å². The minimum atomic E-state index is -0.504. The van der Waals surface area contributed by atoms with E-state index in [0.717, 1.165) is 0 Å². The van der Waals surface area contributed by atoms with E-state index in [9.17, 15) is 14.9 Å². The van der Waals surface area contributed by atoms with Crippen LogP contribution in [0, 0.1) is 10.1 Å². The Bertz CT molecular complexity index is 465. The van der Waals surface area contributed by atoms with Crippen LogP contribution in [0.2, 0.25) is 5.02 Å². The third-order valence-electron chi connectivity index (χ3n) is 2.49. The number of nitro groups is 1. The van der Waals surface area contributed by atoms with Crippen molar-refractivity contribution in [2.75, 3.05) is 7.05 Å². The van der Waals surface area contributed by atoms with Crippen LogP contribution >= 0.6 is 11.6 Å². The minimum Gasteiger partial charge on any atom is -0.358 e. The highest BCUT2D eigenvalue weighted by atomic mass is 35.5. The number of amides is 1. The molecule has 0 fully saturated rings. The predicted molar refractivity (Wildman–Crippen MR) is 68.5 cm³/mol. The van der Waals surface area contributed by atoms with Gasteiger partial charge in [0.2, 0.25) is 5.91 Å². The molecule has 18 heavy (non-hydrogen) atoms. The second-order valence-electron chi connectivity index (χ2n) is 3.75. The Morgan fingerprint density at radius 1 is 1.56 bits per heavy atom. The number of carbonyl (C=O) groups excluding carboxylic acids is 1. The van der Waals surface area contributed by atoms with Crippen molar-refractivity contribution in [3.63, 3.8) is 0 Å². The quantitative estimate of drug-likeness (QED) is 0.627. The number of carbonyl (C=O) groups is 1. The van der Waals surface area contributed by atoms with Gasteiger partial charge >= 0.3 is 0 Å². The van der Waals surface area contributed by atoms with E-state index in [-0.39, 0.29) is 17.6 Å². The Kier molecular flexibility index (Phi) is 5.06. The normalized spacial score (nSPS) is 11.9. The summed E-state index contributed by atoms with van der Waals surface area (Å²) in [5.74, 6) is -0.131. The zero-order valence-electron chi connectivity index (χ0n) is 10.1. The number of nitrogens with zero attached hydrogens (tertiary/aromatic N) is 1. The molecule has 1 atom stereocenters. The Balaban J connectivity index is 2.69. The summed E-state index contributed by atoms with van der Waals surface area (Å²) in [5, 5.41) is 16.3. The standard InChI is InChI=1S/C11H14ClN3O3/c1-7(11(16)13-2)14-6-8-3-4-9(15(17)18)5-10(8)12/h3-5,7,14H,6H2,1-2H3,(H,13,16). The highest BCUT2D eigenvalue weighted by molar-refractivity contribution is 6.31. The zero-order valence-corrected chi connectivity index (χ0v) is 10.8. The second kappa shape index (κ2) is 6.32. The Morgan fingerprint density at radius 3 is 2.72 bits per heavy atom. The molecule has 0 aliphatic rings. The van der Waals surface area contributed by atoms with Crippen LogP contribution < -0.4 is 10.6 Å². The molecule has 0 saturated heterocycles.